The van der Waals surface area contributed by atoms with Gasteiger partial charge in [-0.2, -0.15) is 0 Å². The van der Waals surface area contributed by atoms with Gasteiger partial charge in [-0.25, -0.2) is 0 Å². The lowest BCUT2D eigenvalue weighted by atomic mass is 10.2. The molecule has 0 aliphatic rings. The molecule has 0 spiro atoms. The van der Waals surface area contributed by atoms with Crippen molar-refractivity contribution in [3.63, 3.8) is 0 Å². The highest BCUT2D eigenvalue weighted by atomic mass is 16.6. The molecule has 1 rings (SSSR count). The normalized spacial score (nSPS) is 12.3. The summed E-state index contributed by atoms with van der Waals surface area (Å²) in [6, 6.07) is 6.29. The van der Waals surface area contributed by atoms with Crippen molar-refractivity contribution in [1.29, 1.82) is 0 Å². The van der Waals surface area contributed by atoms with E-state index in [0.717, 1.165) is 5.56 Å². The first-order valence-electron chi connectivity index (χ1n) is 6.32. The van der Waals surface area contributed by atoms with Crippen molar-refractivity contribution in [3.05, 3.63) is 39.9 Å². The molecule has 0 bridgehead atoms. The van der Waals surface area contributed by atoms with Gasteiger partial charge in [0.05, 0.1) is 30.8 Å². The van der Waals surface area contributed by atoms with E-state index in [1.807, 2.05) is 0 Å². The van der Waals surface area contributed by atoms with Crippen LogP contribution in [0.5, 0.6) is 0 Å². The standard InChI is InChI=1S/C13H20N2O5/c1-19-6-7-20-10-13(16)9-14-8-11-2-4-12(5-3-11)15(17)18/h2-5,13-14,16H,6-10H2,1H3. The van der Waals surface area contributed by atoms with Crippen molar-refractivity contribution >= 4 is 5.69 Å². The maximum atomic E-state index is 10.5. The monoisotopic (exact) mass is 284 g/mol. The molecule has 0 fully saturated rings. The molecule has 0 saturated heterocycles. The fraction of sp³-hybridized carbons (Fsp3) is 0.538. The van der Waals surface area contributed by atoms with Gasteiger partial charge in [0, 0.05) is 32.3 Å². The maximum Gasteiger partial charge on any atom is 0.269 e. The number of nitrogens with one attached hydrogen (secondary N) is 1. The van der Waals surface area contributed by atoms with Crippen LogP contribution in [0.25, 0.3) is 0 Å². The molecule has 1 aromatic carbocycles. The van der Waals surface area contributed by atoms with Crippen LogP contribution >= 0.6 is 0 Å². The minimum absolute atomic E-state index is 0.0697. The van der Waals surface area contributed by atoms with Gasteiger partial charge in [0.25, 0.3) is 5.69 Å². The Bertz CT molecular complexity index is 396. The number of nitro groups is 1. The average Bonchev–Trinajstić information content (AvgIpc) is 2.44. The van der Waals surface area contributed by atoms with E-state index in [2.05, 4.69) is 5.32 Å². The Hall–Kier alpha value is -1.54. The summed E-state index contributed by atoms with van der Waals surface area (Å²) in [5.74, 6) is 0. The second kappa shape index (κ2) is 9.38. The fourth-order valence-corrected chi connectivity index (χ4v) is 1.54. The third-order valence-corrected chi connectivity index (χ3v) is 2.60. The number of ether oxygens (including phenoxy) is 2. The Balaban J connectivity index is 2.18. The molecule has 20 heavy (non-hydrogen) atoms. The van der Waals surface area contributed by atoms with Gasteiger partial charge in [-0.1, -0.05) is 12.1 Å². The Morgan fingerprint density at radius 2 is 2.05 bits per heavy atom. The Labute approximate surface area is 117 Å². The summed E-state index contributed by atoms with van der Waals surface area (Å²) in [6.07, 6.45) is -0.593. The second-order valence-electron chi connectivity index (χ2n) is 4.28. The highest BCUT2D eigenvalue weighted by Gasteiger charge is 2.05. The summed E-state index contributed by atoms with van der Waals surface area (Å²) in [7, 11) is 1.59. The maximum absolute atomic E-state index is 10.5. The molecule has 0 aromatic heterocycles. The quantitative estimate of drug-likeness (QED) is 0.373. The largest absolute Gasteiger partial charge is 0.389 e. The van der Waals surface area contributed by atoms with Crippen LogP contribution in [0, 0.1) is 10.1 Å². The van der Waals surface area contributed by atoms with Gasteiger partial charge in [-0.05, 0) is 5.56 Å². The molecule has 0 amide bonds. The minimum Gasteiger partial charge on any atom is -0.389 e. The third-order valence-electron chi connectivity index (χ3n) is 2.60. The molecule has 7 heteroatoms. The SMILES string of the molecule is COCCOCC(O)CNCc1ccc([N+](=O)[O-])cc1. The molecule has 2 N–H and O–H groups in total. The number of rotatable bonds is 10. The zero-order valence-corrected chi connectivity index (χ0v) is 11.4. The lowest BCUT2D eigenvalue weighted by molar-refractivity contribution is -0.384. The molecule has 1 unspecified atom stereocenters. The predicted octanol–water partition coefficient (Wildman–Crippen LogP) is 0.708. The van der Waals surface area contributed by atoms with Crippen LogP contribution in [0.2, 0.25) is 0 Å². The fourth-order valence-electron chi connectivity index (χ4n) is 1.54. The number of hydrogen-bond acceptors (Lipinski definition) is 6. The van der Waals surface area contributed by atoms with Crippen LogP contribution in [-0.2, 0) is 16.0 Å². The van der Waals surface area contributed by atoms with E-state index in [4.69, 9.17) is 9.47 Å². The van der Waals surface area contributed by atoms with Crippen molar-refractivity contribution in [1.82, 2.24) is 5.32 Å². The zero-order valence-electron chi connectivity index (χ0n) is 11.4. The van der Waals surface area contributed by atoms with Crippen LogP contribution in [-0.4, -0.2) is 49.6 Å². The molecule has 0 aliphatic carbocycles. The highest BCUT2D eigenvalue weighted by molar-refractivity contribution is 5.32. The van der Waals surface area contributed by atoms with Crippen molar-refractivity contribution in [2.75, 3.05) is 33.5 Å². The van der Waals surface area contributed by atoms with Gasteiger partial charge in [0.2, 0.25) is 0 Å². The summed E-state index contributed by atoms with van der Waals surface area (Å²) in [6.45, 7) is 2.13. The van der Waals surface area contributed by atoms with Gasteiger partial charge in [-0.3, -0.25) is 10.1 Å². The first kappa shape index (κ1) is 16.5. The number of methoxy groups -OCH3 is 1. The Morgan fingerprint density at radius 1 is 1.35 bits per heavy atom. The summed E-state index contributed by atoms with van der Waals surface area (Å²) < 4.78 is 10.0. The van der Waals surface area contributed by atoms with E-state index in [0.29, 0.717) is 26.3 Å². The van der Waals surface area contributed by atoms with Crippen molar-refractivity contribution < 1.29 is 19.5 Å². The number of nitrogens with zero attached hydrogens (tertiary/aromatic N) is 1. The summed E-state index contributed by atoms with van der Waals surface area (Å²) in [5, 5.41) is 23.2. The van der Waals surface area contributed by atoms with E-state index in [-0.39, 0.29) is 12.3 Å². The van der Waals surface area contributed by atoms with E-state index in [1.54, 1.807) is 19.2 Å². The first-order chi connectivity index (χ1) is 9.63. The van der Waals surface area contributed by atoms with Gasteiger partial charge in [0.1, 0.15) is 0 Å². The molecule has 0 saturated carbocycles. The number of hydrogen-bond donors (Lipinski definition) is 2. The number of non-ortho nitro benzene ring substituents is 1. The van der Waals surface area contributed by atoms with Gasteiger partial charge in [0.15, 0.2) is 0 Å². The molecule has 112 valence electrons. The molecule has 0 heterocycles. The van der Waals surface area contributed by atoms with Crippen molar-refractivity contribution in [3.8, 4) is 0 Å². The lowest BCUT2D eigenvalue weighted by Gasteiger charge is -2.12. The van der Waals surface area contributed by atoms with Crippen molar-refractivity contribution in [2.45, 2.75) is 12.6 Å². The molecular formula is C13H20N2O5. The third kappa shape index (κ3) is 6.58. The topological polar surface area (TPSA) is 93.9 Å². The van der Waals surface area contributed by atoms with E-state index < -0.39 is 11.0 Å². The van der Waals surface area contributed by atoms with Crippen LogP contribution in [0.15, 0.2) is 24.3 Å². The minimum atomic E-state index is -0.593. The molecule has 1 aromatic rings. The van der Waals surface area contributed by atoms with E-state index >= 15 is 0 Å². The van der Waals surface area contributed by atoms with Crippen LogP contribution in [0.3, 0.4) is 0 Å². The molecule has 7 nitrogen and oxygen atoms in total. The van der Waals surface area contributed by atoms with Gasteiger partial charge in [-0.15, -0.1) is 0 Å². The van der Waals surface area contributed by atoms with Gasteiger partial charge < -0.3 is 19.9 Å². The predicted molar refractivity (Wildman–Crippen MR) is 73.5 cm³/mol. The zero-order chi connectivity index (χ0) is 14.8. The van der Waals surface area contributed by atoms with Crippen LogP contribution in [0.4, 0.5) is 5.69 Å². The molecule has 0 radical (unpaired) electrons. The smallest absolute Gasteiger partial charge is 0.269 e. The second-order valence-corrected chi connectivity index (χ2v) is 4.28. The summed E-state index contributed by atoms with van der Waals surface area (Å²) in [5.41, 5.74) is 0.989. The van der Waals surface area contributed by atoms with Crippen molar-refractivity contribution in [2.24, 2.45) is 0 Å². The number of nitro benzene ring substituents is 1. The first-order valence-corrected chi connectivity index (χ1v) is 6.32. The van der Waals surface area contributed by atoms with Crippen LogP contribution < -0.4 is 5.32 Å². The molecule has 1 atom stereocenters. The molecule has 0 aliphatic heterocycles. The Morgan fingerprint density at radius 3 is 2.65 bits per heavy atom. The number of aliphatic hydroxyl groups is 1. The average molecular weight is 284 g/mol. The van der Waals surface area contributed by atoms with E-state index in [9.17, 15) is 15.2 Å². The summed E-state index contributed by atoms with van der Waals surface area (Å²) in [4.78, 5) is 10.1. The lowest BCUT2D eigenvalue weighted by Crippen LogP contribution is -2.30. The molecular weight excluding hydrogens is 264 g/mol. The number of benzene rings is 1. The highest BCUT2D eigenvalue weighted by Crippen LogP contribution is 2.11. The summed E-state index contributed by atoms with van der Waals surface area (Å²) >= 11 is 0. The van der Waals surface area contributed by atoms with Gasteiger partial charge >= 0.3 is 0 Å². The number of aliphatic hydroxyl groups excluding tert-OH is 1. The van der Waals surface area contributed by atoms with Crippen LogP contribution in [0.1, 0.15) is 5.56 Å². The van der Waals surface area contributed by atoms with E-state index in [1.165, 1.54) is 12.1 Å². The Kier molecular flexibility index (Phi) is 7.74.